The van der Waals surface area contributed by atoms with E-state index in [0.717, 1.165) is 38.5 Å². The molecule has 0 aromatic heterocycles. The zero-order chi connectivity index (χ0) is 20.5. The summed E-state index contributed by atoms with van der Waals surface area (Å²) in [7, 11) is 0. The third kappa shape index (κ3) is 6.32. The highest BCUT2D eigenvalue weighted by molar-refractivity contribution is 5.94. The predicted octanol–water partition coefficient (Wildman–Crippen LogP) is 2.55. The van der Waals surface area contributed by atoms with Gasteiger partial charge in [0.2, 0.25) is 5.91 Å². The van der Waals surface area contributed by atoms with Gasteiger partial charge in [-0.3, -0.25) is 14.5 Å². The number of amides is 2. The first-order valence-corrected chi connectivity index (χ1v) is 10.2. The number of rotatable bonds is 8. The molecular formula is C23H29N3O3. The molecule has 6 heteroatoms. The molecule has 1 aliphatic rings. The molecule has 3 rings (SSSR count). The number of piperazine rings is 1. The van der Waals surface area contributed by atoms with E-state index in [2.05, 4.69) is 22.3 Å². The molecule has 0 atom stereocenters. The van der Waals surface area contributed by atoms with Gasteiger partial charge in [-0.1, -0.05) is 30.3 Å². The monoisotopic (exact) mass is 395 g/mol. The second-order valence-corrected chi connectivity index (χ2v) is 7.11. The molecule has 0 radical (unpaired) electrons. The first-order valence-electron chi connectivity index (χ1n) is 10.2. The number of carbonyl (C=O) groups excluding carboxylic acids is 2. The van der Waals surface area contributed by atoms with E-state index in [1.807, 2.05) is 42.2 Å². The number of nitrogens with one attached hydrogen (secondary N) is 1. The van der Waals surface area contributed by atoms with E-state index in [4.69, 9.17) is 4.74 Å². The fourth-order valence-electron chi connectivity index (χ4n) is 3.40. The standard InChI is InChI=1S/C23H29N3O3/c1-2-29-21-10-8-19(9-11-21)18-25-14-16-26(17-15-25)22(27)12-13-24-23(28)20-6-4-3-5-7-20/h3-11H,2,12-18H2,1H3,(H,24,28). The minimum absolute atomic E-state index is 0.0964. The van der Waals surface area contributed by atoms with Gasteiger partial charge in [0.15, 0.2) is 0 Å². The maximum Gasteiger partial charge on any atom is 0.251 e. The summed E-state index contributed by atoms with van der Waals surface area (Å²) in [5.41, 5.74) is 1.86. The van der Waals surface area contributed by atoms with Crippen LogP contribution in [0.3, 0.4) is 0 Å². The van der Waals surface area contributed by atoms with Crippen molar-refractivity contribution in [2.75, 3.05) is 39.3 Å². The Morgan fingerprint density at radius 2 is 1.66 bits per heavy atom. The lowest BCUT2D eigenvalue weighted by molar-refractivity contribution is -0.132. The Kier molecular flexibility index (Phi) is 7.64. The second kappa shape index (κ2) is 10.6. The fourth-order valence-corrected chi connectivity index (χ4v) is 3.40. The van der Waals surface area contributed by atoms with Gasteiger partial charge in [0, 0.05) is 51.3 Å². The van der Waals surface area contributed by atoms with Gasteiger partial charge in [0.25, 0.3) is 5.91 Å². The summed E-state index contributed by atoms with van der Waals surface area (Å²) in [6.45, 7) is 7.05. The molecule has 1 fully saturated rings. The van der Waals surface area contributed by atoms with Crippen molar-refractivity contribution in [2.45, 2.75) is 19.9 Å². The fraction of sp³-hybridized carbons (Fsp3) is 0.391. The van der Waals surface area contributed by atoms with E-state index in [1.165, 1.54) is 5.56 Å². The molecule has 2 aromatic rings. The number of ether oxygens (including phenoxy) is 1. The molecule has 6 nitrogen and oxygen atoms in total. The third-order valence-electron chi connectivity index (χ3n) is 5.03. The summed E-state index contributed by atoms with van der Waals surface area (Å²) < 4.78 is 5.48. The molecule has 1 N–H and O–H groups in total. The zero-order valence-corrected chi connectivity index (χ0v) is 17.0. The Balaban J connectivity index is 1.36. The van der Waals surface area contributed by atoms with Crippen LogP contribution in [-0.4, -0.2) is 60.9 Å². The van der Waals surface area contributed by atoms with E-state index >= 15 is 0 Å². The molecule has 1 saturated heterocycles. The topological polar surface area (TPSA) is 61.9 Å². The molecule has 1 heterocycles. The van der Waals surface area contributed by atoms with Gasteiger partial charge in [-0.15, -0.1) is 0 Å². The number of nitrogens with zero attached hydrogens (tertiary/aromatic N) is 2. The maximum atomic E-state index is 12.4. The Labute approximate surface area is 172 Å². The number of hydrogen-bond donors (Lipinski definition) is 1. The van der Waals surface area contributed by atoms with Gasteiger partial charge < -0.3 is 15.0 Å². The molecule has 1 aliphatic heterocycles. The van der Waals surface area contributed by atoms with Crippen LogP contribution in [0.25, 0.3) is 0 Å². The van der Waals surface area contributed by atoms with Crippen molar-refractivity contribution in [1.82, 2.24) is 15.1 Å². The van der Waals surface area contributed by atoms with E-state index in [-0.39, 0.29) is 11.8 Å². The van der Waals surface area contributed by atoms with Crippen LogP contribution in [0.4, 0.5) is 0 Å². The third-order valence-corrected chi connectivity index (χ3v) is 5.03. The molecular weight excluding hydrogens is 366 g/mol. The summed E-state index contributed by atoms with van der Waals surface area (Å²) >= 11 is 0. The summed E-state index contributed by atoms with van der Waals surface area (Å²) in [5, 5.41) is 2.82. The quantitative estimate of drug-likeness (QED) is 0.746. The maximum absolute atomic E-state index is 12.4. The average Bonchev–Trinajstić information content (AvgIpc) is 2.76. The Morgan fingerprint density at radius 3 is 2.31 bits per heavy atom. The van der Waals surface area contributed by atoms with Crippen LogP contribution < -0.4 is 10.1 Å². The Hall–Kier alpha value is -2.86. The minimum atomic E-state index is -0.140. The molecule has 0 saturated carbocycles. The van der Waals surface area contributed by atoms with E-state index in [0.29, 0.717) is 25.1 Å². The highest BCUT2D eigenvalue weighted by Crippen LogP contribution is 2.15. The van der Waals surface area contributed by atoms with Gasteiger partial charge in [-0.05, 0) is 36.8 Å². The summed E-state index contributed by atoms with van der Waals surface area (Å²) in [6, 6.07) is 17.2. The summed E-state index contributed by atoms with van der Waals surface area (Å²) in [5.74, 6) is 0.851. The summed E-state index contributed by atoms with van der Waals surface area (Å²) in [6.07, 6.45) is 0.331. The lowest BCUT2D eigenvalue weighted by atomic mass is 10.2. The first kappa shape index (κ1) is 20.9. The van der Waals surface area contributed by atoms with Crippen LogP contribution in [-0.2, 0) is 11.3 Å². The predicted molar refractivity (Wildman–Crippen MR) is 113 cm³/mol. The van der Waals surface area contributed by atoms with Crippen LogP contribution in [0.1, 0.15) is 29.3 Å². The van der Waals surface area contributed by atoms with Crippen LogP contribution in [0.5, 0.6) is 5.75 Å². The molecule has 0 bridgehead atoms. The largest absolute Gasteiger partial charge is 0.494 e. The average molecular weight is 396 g/mol. The van der Waals surface area contributed by atoms with Crippen molar-refractivity contribution >= 4 is 11.8 Å². The SMILES string of the molecule is CCOc1ccc(CN2CCN(C(=O)CCNC(=O)c3ccccc3)CC2)cc1. The van der Waals surface area contributed by atoms with Crippen LogP contribution >= 0.6 is 0 Å². The lowest BCUT2D eigenvalue weighted by Gasteiger charge is -2.34. The molecule has 29 heavy (non-hydrogen) atoms. The normalized spacial score (nSPS) is 14.4. The van der Waals surface area contributed by atoms with Crippen molar-refractivity contribution in [2.24, 2.45) is 0 Å². The Bertz CT molecular complexity index is 785. The molecule has 154 valence electrons. The van der Waals surface area contributed by atoms with Gasteiger partial charge >= 0.3 is 0 Å². The van der Waals surface area contributed by atoms with Crippen molar-refractivity contribution in [3.8, 4) is 5.75 Å². The van der Waals surface area contributed by atoms with Crippen LogP contribution in [0, 0.1) is 0 Å². The first-order chi connectivity index (χ1) is 14.2. The zero-order valence-electron chi connectivity index (χ0n) is 17.0. The highest BCUT2D eigenvalue weighted by atomic mass is 16.5. The minimum Gasteiger partial charge on any atom is -0.494 e. The molecule has 2 aromatic carbocycles. The van der Waals surface area contributed by atoms with Gasteiger partial charge in [0.1, 0.15) is 5.75 Å². The van der Waals surface area contributed by atoms with Crippen LogP contribution in [0.15, 0.2) is 54.6 Å². The van der Waals surface area contributed by atoms with E-state index in [1.54, 1.807) is 12.1 Å². The van der Waals surface area contributed by atoms with E-state index in [9.17, 15) is 9.59 Å². The number of benzene rings is 2. The lowest BCUT2D eigenvalue weighted by Crippen LogP contribution is -2.48. The second-order valence-electron chi connectivity index (χ2n) is 7.11. The number of hydrogen-bond acceptors (Lipinski definition) is 4. The molecule has 2 amide bonds. The molecule has 0 spiro atoms. The van der Waals surface area contributed by atoms with Crippen molar-refractivity contribution in [3.05, 3.63) is 65.7 Å². The summed E-state index contributed by atoms with van der Waals surface area (Å²) in [4.78, 5) is 28.7. The van der Waals surface area contributed by atoms with E-state index < -0.39 is 0 Å². The van der Waals surface area contributed by atoms with Gasteiger partial charge in [-0.2, -0.15) is 0 Å². The van der Waals surface area contributed by atoms with Crippen LogP contribution in [0.2, 0.25) is 0 Å². The van der Waals surface area contributed by atoms with Gasteiger partial charge in [0.05, 0.1) is 6.61 Å². The molecule has 0 aliphatic carbocycles. The highest BCUT2D eigenvalue weighted by Gasteiger charge is 2.21. The number of carbonyl (C=O) groups is 2. The van der Waals surface area contributed by atoms with Crippen molar-refractivity contribution in [1.29, 1.82) is 0 Å². The van der Waals surface area contributed by atoms with Crippen molar-refractivity contribution in [3.63, 3.8) is 0 Å². The van der Waals surface area contributed by atoms with Gasteiger partial charge in [-0.25, -0.2) is 0 Å². The van der Waals surface area contributed by atoms with Crippen molar-refractivity contribution < 1.29 is 14.3 Å². The Morgan fingerprint density at radius 1 is 0.966 bits per heavy atom. The molecule has 0 unspecified atom stereocenters. The smallest absolute Gasteiger partial charge is 0.251 e.